The number of ether oxygens (including phenoxy) is 2. The minimum absolute atomic E-state index is 0. The van der Waals surface area contributed by atoms with Crippen LogP contribution in [0.4, 0.5) is 0 Å². The maximum Gasteiger partial charge on any atom is 0.191 e. The van der Waals surface area contributed by atoms with Crippen LogP contribution >= 0.6 is 24.0 Å². The van der Waals surface area contributed by atoms with Crippen molar-refractivity contribution in [3.8, 4) is 0 Å². The summed E-state index contributed by atoms with van der Waals surface area (Å²) in [5, 5.41) is 6.78. The van der Waals surface area contributed by atoms with Gasteiger partial charge in [0.2, 0.25) is 0 Å². The molecule has 32 heavy (non-hydrogen) atoms. The summed E-state index contributed by atoms with van der Waals surface area (Å²) in [5.41, 5.74) is 3.57. The van der Waals surface area contributed by atoms with E-state index in [1.807, 2.05) is 18.2 Å². The highest BCUT2D eigenvalue weighted by atomic mass is 127. The van der Waals surface area contributed by atoms with Gasteiger partial charge in [0, 0.05) is 26.2 Å². The van der Waals surface area contributed by atoms with Crippen LogP contribution < -0.4 is 10.6 Å². The molecule has 0 atom stereocenters. The second-order valence-corrected chi connectivity index (χ2v) is 7.72. The van der Waals surface area contributed by atoms with E-state index in [4.69, 9.17) is 14.5 Å². The zero-order valence-corrected chi connectivity index (χ0v) is 21.4. The van der Waals surface area contributed by atoms with Crippen LogP contribution in [-0.2, 0) is 29.2 Å². The molecule has 3 rings (SSSR count). The van der Waals surface area contributed by atoms with Crippen LogP contribution in [0.3, 0.4) is 0 Å². The van der Waals surface area contributed by atoms with Crippen molar-refractivity contribution in [2.24, 2.45) is 4.99 Å². The van der Waals surface area contributed by atoms with Crippen molar-refractivity contribution in [1.82, 2.24) is 15.5 Å². The molecular weight excluding hydrogens is 515 g/mol. The highest BCUT2D eigenvalue weighted by Crippen LogP contribution is 2.09. The van der Waals surface area contributed by atoms with Crippen molar-refractivity contribution in [3.05, 3.63) is 71.3 Å². The molecule has 0 spiro atoms. The average Bonchev–Trinajstić information content (AvgIpc) is 2.82. The SMILES string of the molecule is CCNC(=NCc1ccc(COCc2ccccc2)cc1)NCCCN1CCOCC1.I. The zero-order valence-electron chi connectivity index (χ0n) is 19.1. The van der Waals surface area contributed by atoms with Crippen LogP contribution in [0.2, 0.25) is 0 Å². The van der Waals surface area contributed by atoms with Crippen LogP contribution in [0.15, 0.2) is 59.6 Å². The molecule has 1 aliphatic heterocycles. The van der Waals surface area contributed by atoms with E-state index in [9.17, 15) is 0 Å². The Hall–Kier alpha value is -1.68. The highest BCUT2D eigenvalue weighted by molar-refractivity contribution is 14.0. The van der Waals surface area contributed by atoms with Gasteiger partial charge in [-0.05, 0) is 36.6 Å². The monoisotopic (exact) mass is 552 g/mol. The first kappa shape index (κ1) is 26.6. The van der Waals surface area contributed by atoms with Crippen molar-refractivity contribution in [1.29, 1.82) is 0 Å². The van der Waals surface area contributed by atoms with Crippen molar-refractivity contribution in [3.63, 3.8) is 0 Å². The lowest BCUT2D eigenvalue weighted by Crippen LogP contribution is -2.40. The molecular formula is C25H37IN4O2. The Morgan fingerprint density at radius 3 is 2.28 bits per heavy atom. The quantitative estimate of drug-likeness (QED) is 0.192. The summed E-state index contributed by atoms with van der Waals surface area (Å²) in [6.45, 7) is 10.7. The summed E-state index contributed by atoms with van der Waals surface area (Å²) >= 11 is 0. The molecule has 0 aliphatic carbocycles. The molecule has 1 aliphatic rings. The number of nitrogens with one attached hydrogen (secondary N) is 2. The maximum absolute atomic E-state index is 5.82. The van der Waals surface area contributed by atoms with Crippen LogP contribution in [0, 0.1) is 0 Å². The van der Waals surface area contributed by atoms with Crippen LogP contribution in [0.1, 0.15) is 30.0 Å². The van der Waals surface area contributed by atoms with Gasteiger partial charge in [-0.2, -0.15) is 0 Å². The van der Waals surface area contributed by atoms with E-state index in [2.05, 4.69) is 58.9 Å². The van der Waals surface area contributed by atoms with Gasteiger partial charge < -0.3 is 20.1 Å². The fourth-order valence-corrected chi connectivity index (χ4v) is 3.45. The summed E-state index contributed by atoms with van der Waals surface area (Å²) in [7, 11) is 0. The summed E-state index contributed by atoms with van der Waals surface area (Å²) in [5.74, 6) is 0.875. The summed E-state index contributed by atoms with van der Waals surface area (Å²) in [4.78, 5) is 7.19. The molecule has 0 radical (unpaired) electrons. The van der Waals surface area contributed by atoms with Gasteiger partial charge in [0.15, 0.2) is 5.96 Å². The zero-order chi connectivity index (χ0) is 21.6. The minimum Gasteiger partial charge on any atom is -0.379 e. The number of morpholine rings is 1. The Kier molecular flexibility index (Phi) is 13.3. The fraction of sp³-hybridized carbons (Fsp3) is 0.480. The molecule has 1 fully saturated rings. The van der Waals surface area contributed by atoms with Crippen molar-refractivity contribution >= 4 is 29.9 Å². The van der Waals surface area contributed by atoms with E-state index in [1.165, 1.54) is 16.7 Å². The van der Waals surface area contributed by atoms with Gasteiger partial charge in [0.1, 0.15) is 0 Å². The van der Waals surface area contributed by atoms with Gasteiger partial charge in [-0.3, -0.25) is 4.90 Å². The van der Waals surface area contributed by atoms with Crippen molar-refractivity contribution < 1.29 is 9.47 Å². The standard InChI is InChI=1S/C25H36N4O2.HI/c1-2-26-25(27-13-6-14-29-15-17-30-18-16-29)28-19-22-9-11-24(12-10-22)21-31-20-23-7-4-3-5-8-23;/h3-5,7-12H,2,6,13-21H2,1H3,(H2,26,27,28);1H. The molecule has 2 N–H and O–H groups in total. The number of nitrogens with zero attached hydrogens (tertiary/aromatic N) is 2. The van der Waals surface area contributed by atoms with Gasteiger partial charge in [-0.15, -0.1) is 24.0 Å². The van der Waals surface area contributed by atoms with Crippen LogP contribution in [-0.4, -0.2) is 56.8 Å². The molecule has 176 valence electrons. The van der Waals surface area contributed by atoms with E-state index in [1.54, 1.807) is 0 Å². The molecule has 0 unspecified atom stereocenters. The minimum atomic E-state index is 0. The summed E-state index contributed by atoms with van der Waals surface area (Å²) < 4.78 is 11.2. The first-order valence-corrected chi connectivity index (χ1v) is 11.4. The predicted octanol–water partition coefficient (Wildman–Crippen LogP) is 3.80. The lowest BCUT2D eigenvalue weighted by molar-refractivity contribution is 0.0376. The second-order valence-electron chi connectivity index (χ2n) is 7.72. The molecule has 7 heteroatoms. The molecule has 2 aromatic carbocycles. The van der Waals surface area contributed by atoms with Gasteiger partial charge in [-0.1, -0.05) is 54.6 Å². The lowest BCUT2D eigenvalue weighted by atomic mass is 10.1. The first-order chi connectivity index (χ1) is 15.3. The molecule has 0 aromatic heterocycles. The number of halogens is 1. The number of hydrogen-bond acceptors (Lipinski definition) is 4. The molecule has 2 aromatic rings. The normalized spacial score (nSPS) is 14.6. The molecule has 0 saturated carbocycles. The third-order valence-corrected chi connectivity index (χ3v) is 5.21. The predicted molar refractivity (Wildman–Crippen MR) is 141 cm³/mol. The number of rotatable bonds is 11. The van der Waals surface area contributed by atoms with E-state index in [0.717, 1.165) is 58.3 Å². The van der Waals surface area contributed by atoms with E-state index >= 15 is 0 Å². The van der Waals surface area contributed by atoms with E-state index in [0.29, 0.717) is 19.8 Å². The molecule has 1 saturated heterocycles. The first-order valence-electron chi connectivity index (χ1n) is 11.4. The number of benzene rings is 2. The number of aliphatic imine (C=N–C) groups is 1. The van der Waals surface area contributed by atoms with Gasteiger partial charge in [-0.25, -0.2) is 4.99 Å². The Morgan fingerprint density at radius 2 is 1.59 bits per heavy atom. The Balaban J connectivity index is 0.00000363. The van der Waals surface area contributed by atoms with E-state index < -0.39 is 0 Å². The molecule has 1 heterocycles. The Morgan fingerprint density at radius 1 is 0.938 bits per heavy atom. The fourth-order valence-electron chi connectivity index (χ4n) is 3.45. The molecule has 0 amide bonds. The number of guanidine groups is 1. The van der Waals surface area contributed by atoms with Crippen molar-refractivity contribution in [2.75, 3.05) is 45.9 Å². The second kappa shape index (κ2) is 16.0. The topological polar surface area (TPSA) is 58.1 Å². The Bertz CT molecular complexity index is 765. The Labute approximate surface area is 209 Å². The van der Waals surface area contributed by atoms with Crippen LogP contribution in [0.5, 0.6) is 0 Å². The molecule has 6 nitrogen and oxygen atoms in total. The lowest BCUT2D eigenvalue weighted by Gasteiger charge is -2.26. The highest BCUT2D eigenvalue weighted by Gasteiger charge is 2.09. The third kappa shape index (κ3) is 10.3. The maximum atomic E-state index is 5.82. The van der Waals surface area contributed by atoms with E-state index in [-0.39, 0.29) is 24.0 Å². The summed E-state index contributed by atoms with van der Waals surface area (Å²) in [6.07, 6.45) is 1.10. The summed E-state index contributed by atoms with van der Waals surface area (Å²) in [6, 6.07) is 18.8. The molecule has 0 bridgehead atoms. The smallest absolute Gasteiger partial charge is 0.191 e. The van der Waals surface area contributed by atoms with Gasteiger partial charge in [0.05, 0.1) is 33.0 Å². The number of hydrogen-bond donors (Lipinski definition) is 2. The van der Waals surface area contributed by atoms with Crippen molar-refractivity contribution in [2.45, 2.75) is 33.1 Å². The van der Waals surface area contributed by atoms with Gasteiger partial charge >= 0.3 is 0 Å². The van der Waals surface area contributed by atoms with Gasteiger partial charge in [0.25, 0.3) is 0 Å². The largest absolute Gasteiger partial charge is 0.379 e. The average molecular weight is 553 g/mol. The third-order valence-electron chi connectivity index (χ3n) is 5.21. The van der Waals surface area contributed by atoms with Crippen LogP contribution in [0.25, 0.3) is 0 Å².